The van der Waals surface area contributed by atoms with E-state index in [1.54, 1.807) is 12.1 Å². The topological polar surface area (TPSA) is 138 Å². The Bertz CT molecular complexity index is 2050. The molecule has 270 valence electrons. The smallest absolute Gasteiger partial charge is 0.357 e. The number of carbonyl (C=O) groups is 1. The molecule has 0 radical (unpaired) electrons. The Morgan fingerprint density at radius 2 is 1.71 bits per heavy atom. The molecule has 1 saturated heterocycles. The molecule has 4 aromatic rings. The minimum Gasteiger partial charge on any atom is -0.492 e. The van der Waals surface area contributed by atoms with Gasteiger partial charge in [0.2, 0.25) is 10.0 Å². The van der Waals surface area contributed by atoms with E-state index >= 15 is 0 Å². The van der Waals surface area contributed by atoms with Gasteiger partial charge in [-0.2, -0.15) is 0 Å². The van der Waals surface area contributed by atoms with Crippen molar-refractivity contribution in [1.29, 1.82) is 0 Å². The molecule has 0 aliphatic carbocycles. The molecule has 3 aromatic carbocycles. The summed E-state index contributed by atoms with van der Waals surface area (Å²) in [5.41, 5.74) is 13.0. The number of nitrogens with zero attached hydrogens (tertiary/aromatic N) is 4. The Morgan fingerprint density at radius 1 is 1.00 bits per heavy atom. The SMILES string of the molecule is COc1c(NC(=O)c2ccc(C)c(N3C=C(c4c[nH]c(N5CCN(Cc6ccccc6)CC5)[n+]4C)NN3)c2)cc(C(C)(C)C)cc1NS(C)(=O)=O. The molecule has 6 rings (SSSR count). The molecule has 0 spiro atoms. The van der Waals surface area contributed by atoms with Crippen LogP contribution >= 0.6 is 0 Å². The number of ether oxygens (including phenoxy) is 1. The molecule has 3 heterocycles. The van der Waals surface area contributed by atoms with Crippen LogP contribution < -0.4 is 40.2 Å². The number of nitrogens with one attached hydrogen (secondary N) is 5. The number of H-pyrrole nitrogens is 1. The van der Waals surface area contributed by atoms with Crippen LogP contribution in [0.4, 0.5) is 23.0 Å². The van der Waals surface area contributed by atoms with Crippen molar-refractivity contribution < 1.29 is 22.5 Å². The third kappa shape index (κ3) is 8.14. The predicted molar refractivity (Wildman–Crippen MR) is 202 cm³/mol. The molecule has 14 heteroatoms. The molecule has 0 saturated carbocycles. The first-order valence-electron chi connectivity index (χ1n) is 16.9. The van der Waals surface area contributed by atoms with Gasteiger partial charge in [-0.05, 0) is 53.3 Å². The summed E-state index contributed by atoms with van der Waals surface area (Å²) in [5.74, 6) is 0.897. The third-order valence-electron chi connectivity index (χ3n) is 9.22. The van der Waals surface area contributed by atoms with Crippen LogP contribution in [0.2, 0.25) is 0 Å². The lowest BCUT2D eigenvalue weighted by Gasteiger charge is -2.31. The van der Waals surface area contributed by atoms with Crippen molar-refractivity contribution in [2.75, 3.05) is 59.5 Å². The second kappa shape index (κ2) is 14.3. The zero-order valence-electron chi connectivity index (χ0n) is 30.3. The van der Waals surface area contributed by atoms with Crippen LogP contribution in [0.1, 0.15) is 53.5 Å². The zero-order valence-corrected chi connectivity index (χ0v) is 31.1. The highest BCUT2D eigenvalue weighted by atomic mass is 32.2. The zero-order chi connectivity index (χ0) is 36.5. The number of aryl methyl sites for hydroxylation is 1. The van der Waals surface area contributed by atoms with E-state index in [1.165, 1.54) is 12.7 Å². The molecule has 0 bridgehead atoms. The van der Waals surface area contributed by atoms with Gasteiger partial charge < -0.3 is 10.1 Å². The number of imidazole rings is 1. The summed E-state index contributed by atoms with van der Waals surface area (Å²) in [4.78, 5) is 22.1. The van der Waals surface area contributed by atoms with E-state index in [1.807, 2.05) is 63.3 Å². The van der Waals surface area contributed by atoms with Crippen LogP contribution in [0.25, 0.3) is 5.70 Å². The lowest BCUT2D eigenvalue weighted by Crippen LogP contribution is -2.50. The highest BCUT2D eigenvalue weighted by molar-refractivity contribution is 7.92. The second-order valence-electron chi connectivity index (χ2n) is 14.1. The van der Waals surface area contributed by atoms with Gasteiger partial charge in [-0.15, -0.1) is 5.53 Å². The van der Waals surface area contributed by atoms with Crippen molar-refractivity contribution in [1.82, 2.24) is 20.8 Å². The van der Waals surface area contributed by atoms with Crippen molar-refractivity contribution in [3.63, 3.8) is 0 Å². The van der Waals surface area contributed by atoms with Crippen LogP contribution in [-0.4, -0.2) is 63.8 Å². The Morgan fingerprint density at radius 3 is 2.37 bits per heavy atom. The molecular weight excluding hydrogens is 667 g/mol. The Kier molecular flexibility index (Phi) is 10.0. The number of sulfonamides is 1. The van der Waals surface area contributed by atoms with Gasteiger partial charge in [-0.25, -0.2) is 18.0 Å². The van der Waals surface area contributed by atoms with Crippen LogP contribution in [-0.2, 0) is 29.0 Å². The quantitative estimate of drug-likeness (QED) is 0.153. The van der Waals surface area contributed by atoms with Gasteiger partial charge in [0.1, 0.15) is 11.9 Å². The molecular formula is C37H48N9O4S+. The van der Waals surface area contributed by atoms with Gasteiger partial charge in [0.05, 0.1) is 56.8 Å². The van der Waals surface area contributed by atoms with E-state index in [9.17, 15) is 13.2 Å². The van der Waals surface area contributed by atoms with Gasteiger partial charge in [0, 0.05) is 25.2 Å². The third-order valence-corrected chi connectivity index (χ3v) is 9.81. The molecule has 51 heavy (non-hydrogen) atoms. The van der Waals surface area contributed by atoms with Crippen molar-refractivity contribution in [3.05, 3.63) is 101 Å². The standard InChI is InChI=1S/C37H47N9O4S/c1-25-13-14-27(35(47)39-29-20-28(37(2,3)4)21-30(34(29)50-6)41-51(7,48)49)19-32(25)46-24-31(40-42-46)33-22-38-36(43(33)5)45-17-15-44(16-18-45)23-26-11-9-8-10-12-26/h8-14,19-22,24,40-42H,15-18,23H2,1-7H3,(H,39,47)/p+1. The fraction of sp³-hybridized carbons (Fsp3) is 0.351. The molecule has 5 N–H and O–H groups in total. The largest absolute Gasteiger partial charge is 0.492 e. The average molecular weight is 715 g/mol. The number of benzene rings is 3. The van der Waals surface area contributed by atoms with Crippen LogP contribution in [0, 0.1) is 6.92 Å². The first kappa shape index (κ1) is 35.8. The van der Waals surface area contributed by atoms with Crippen LogP contribution in [0.3, 0.4) is 0 Å². The van der Waals surface area contributed by atoms with Crippen molar-refractivity contribution in [2.45, 2.75) is 39.7 Å². The molecule has 0 unspecified atom stereocenters. The maximum absolute atomic E-state index is 13.7. The summed E-state index contributed by atoms with van der Waals surface area (Å²) < 4.78 is 34.6. The number of hydrogen-bond donors (Lipinski definition) is 5. The fourth-order valence-corrected chi connectivity index (χ4v) is 6.94. The number of hydrogen-bond acceptors (Lipinski definition) is 9. The van der Waals surface area contributed by atoms with Crippen molar-refractivity contribution >= 4 is 44.6 Å². The molecule has 0 atom stereocenters. The number of hydrazine groups is 2. The highest BCUT2D eigenvalue weighted by Gasteiger charge is 2.29. The van der Waals surface area contributed by atoms with Crippen LogP contribution in [0.15, 0.2) is 73.1 Å². The Hall–Kier alpha value is -5.05. The van der Waals surface area contributed by atoms with Crippen molar-refractivity contribution in [3.8, 4) is 5.75 Å². The first-order valence-corrected chi connectivity index (χ1v) is 18.8. The summed E-state index contributed by atoms with van der Waals surface area (Å²) >= 11 is 0. The van der Waals surface area contributed by atoms with E-state index in [2.05, 4.69) is 77.7 Å². The first-order chi connectivity index (χ1) is 24.2. The number of aromatic amines is 1. The summed E-state index contributed by atoms with van der Waals surface area (Å²) in [7, 11) is -0.113. The predicted octanol–water partition coefficient (Wildman–Crippen LogP) is 4.23. The molecule has 2 aliphatic heterocycles. The van der Waals surface area contributed by atoms with Crippen LogP contribution in [0.5, 0.6) is 5.75 Å². The lowest BCUT2D eigenvalue weighted by atomic mass is 9.86. The van der Waals surface area contributed by atoms with Gasteiger partial charge in [0.15, 0.2) is 11.4 Å². The highest BCUT2D eigenvalue weighted by Crippen LogP contribution is 2.39. The molecule has 2 aliphatic rings. The molecule has 1 amide bonds. The van der Waals surface area contributed by atoms with Gasteiger partial charge in [-0.1, -0.05) is 57.2 Å². The van der Waals surface area contributed by atoms with E-state index in [0.717, 1.165) is 73.1 Å². The Labute approximate surface area is 300 Å². The summed E-state index contributed by atoms with van der Waals surface area (Å²) in [6.07, 6.45) is 5.04. The molecule has 13 nitrogen and oxygen atoms in total. The molecule has 1 fully saturated rings. The maximum atomic E-state index is 13.7. The van der Waals surface area contributed by atoms with Gasteiger partial charge >= 0.3 is 5.95 Å². The van der Waals surface area contributed by atoms with E-state index in [-0.39, 0.29) is 22.8 Å². The van der Waals surface area contributed by atoms with Gasteiger partial charge in [0.25, 0.3) is 5.91 Å². The van der Waals surface area contributed by atoms with Gasteiger partial charge in [-0.3, -0.25) is 29.8 Å². The number of piperazine rings is 1. The number of carbonyl (C=O) groups excluding carboxylic acids is 1. The lowest BCUT2D eigenvalue weighted by molar-refractivity contribution is -0.659. The minimum atomic E-state index is -3.61. The summed E-state index contributed by atoms with van der Waals surface area (Å²) in [5, 5.41) is 4.81. The minimum absolute atomic E-state index is 0.222. The van der Waals surface area contributed by atoms with E-state index in [4.69, 9.17) is 4.74 Å². The fourth-order valence-electron chi connectivity index (χ4n) is 6.39. The number of aromatic nitrogens is 2. The summed E-state index contributed by atoms with van der Waals surface area (Å²) in [6, 6.07) is 19.6. The number of amides is 1. The number of rotatable bonds is 10. The number of anilines is 4. The monoisotopic (exact) mass is 714 g/mol. The Balaban J connectivity index is 1.18. The molecule has 1 aromatic heterocycles. The van der Waals surface area contributed by atoms with Crippen molar-refractivity contribution in [2.24, 2.45) is 7.05 Å². The number of methoxy groups -OCH3 is 1. The summed E-state index contributed by atoms with van der Waals surface area (Å²) in [6.45, 7) is 12.8. The van der Waals surface area contributed by atoms with E-state index < -0.39 is 10.0 Å². The second-order valence-corrected chi connectivity index (χ2v) is 15.9. The normalized spacial score (nSPS) is 15.4. The average Bonchev–Trinajstić information content (AvgIpc) is 3.71. The van der Waals surface area contributed by atoms with E-state index in [0.29, 0.717) is 11.3 Å². The maximum Gasteiger partial charge on any atom is 0.357 e.